The minimum Gasteiger partial charge on any atom is -0.485 e. The van der Waals surface area contributed by atoms with Crippen LogP contribution in [0.5, 0.6) is 5.75 Å². The number of rotatable bonds is 9. The molecular weight excluding hydrogens is 258 g/mol. The number of ether oxygens (including phenoxy) is 1. The second-order valence-electron chi connectivity index (χ2n) is 4.89. The summed E-state index contributed by atoms with van der Waals surface area (Å²) in [7, 11) is 3.86. The number of hydrogen-bond acceptors (Lipinski definition) is 5. The van der Waals surface area contributed by atoms with Crippen LogP contribution in [-0.4, -0.2) is 43.6 Å². The maximum atomic E-state index is 11.1. The van der Waals surface area contributed by atoms with Crippen molar-refractivity contribution in [3.8, 4) is 5.75 Å². The van der Waals surface area contributed by atoms with Gasteiger partial charge in [-0.05, 0) is 38.7 Å². The number of nitro groups is 1. The van der Waals surface area contributed by atoms with Crippen molar-refractivity contribution in [2.45, 2.75) is 19.9 Å². The van der Waals surface area contributed by atoms with Crippen LogP contribution in [0.3, 0.4) is 0 Å². The standard InChI is InChI=1S/C14H23N3O3/c1-4-7-15-11-12-5-6-14(13(10-12)17(18)19)20-9-8-16(2)3/h5-6,10,15H,4,7-9,11H2,1-3H3. The Bertz CT molecular complexity index is 436. The molecule has 0 radical (unpaired) electrons. The van der Waals surface area contributed by atoms with Crippen molar-refractivity contribution in [3.05, 3.63) is 33.9 Å². The molecule has 0 spiro atoms. The maximum Gasteiger partial charge on any atom is 0.311 e. The van der Waals surface area contributed by atoms with Crippen LogP contribution in [0.2, 0.25) is 0 Å². The minimum absolute atomic E-state index is 0.0274. The topological polar surface area (TPSA) is 67.6 Å². The van der Waals surface area contributed by atoms with E-state index in [1.54, 1.807) is 12.1 Å². The molecule has 0 atom stereocenters. The molecule has 0 aliphatic carbocycles. The number of nitrogens with one attached hydrogen (secondary N) is 1. The van der Waals surface area contributed by atoms with E-state index in [2.05, 4.69) is 12.2 Å². The van der Waals surface area contributed by atoms with E-state index < -0.39 is 4.92 Å². The number of likely N-dealkylation sites (N-methyl/N-ethyl adjacent to an activating group) is 1. The number of nitro benzene ring substituents is 1. The van der Waals surface area contributed by atoms with Crippen LogP contribution in [0.25, 0.3) is 0 Å². The molecule has 0 aliphatic heterocycles. The molecule has 112 valence electrons. The summed E-state index contributed by atoms with van der Waals surface area (Å²) in [4.78, 5) is 12.7. The van der Waals surface area contributed by atoms with Gasteiger partial charge in [0, 0.05) is 19.2 Å². The Morgan fingerprint density at radius 2 is 2.15 bits per heavy atom. The van der Waals surface area contributed by atoms with Gasteiger partial charge in [-0.15, -0.1) is 0 Å². The molecular formula is C14H23N3O3. The van der Waals surface area contributed by atoms with Gasteiger partial charge in [-0.1, -0.05) is 13.0 Å². The summed E-state index contributed by atoms with van der Waals surface area (Å²) in [6.45, 7) is 4.76. The van der Waals surface area contributed by atoms with Gasteiger partial charge < -0.3 is 15.0 Å². The van der Waals surface area contributed by atoms with Gasteiger partial charge >= 0.3 is 5.69 Å². The van der Waals surface area contributed by atoms with E-state index in [1.165, 1.54) is 0 Å². The predicted molar refractivity (Wildman–Crippen MR) is 79.1 cm³/mol. The Morgan fingerprint density at radius 3 is 2.75 bits per heavy atom. The zero-order chi connectivity index (χ0) is 15.0. The highest BCUT2D eigenvalue weighted by Gasteiger charge is 2.15. The molecule has 0 saturated carbocycles. The predicted octanol–water partition coefficient (Wildman–Crippen LogP) is 2.03. The Morgan fingerprint density at radius 1 is 1.40 bits per heavy atom. The maximum absolute atomic E-state index is 11.1. The summed E-state index contributed by atoms with van der Waals surface area (Å²) < 4.78 is 5.49. The van der Waals surface area contributed by atoms with Crippen molar-refractivity contribution in [3.63, 3.8) is 0 Å². The molecule has 6 nitrogen and oxygen atoms in total. The average molecular weight is 281 g/mol. The molecule has 20 heavy (non-hydrogen) atoms. The summed E-state index contributed by atoms with van der Waals surface area (Å²) in [6, 6.07) is 5.12. The first-order valence-corrected chi connectivity index (χ1v) is 6.80. The molecule has 6 heteroatoms. The van der Waals surface area contributed by atoms with E-state index in [-0.39, 0.29) is 5.69 Å². The third-order valence-corrected chi connectivity index (χ3v) is 2.77. The summed E-state index contributed by atoms with van der Waals surface area (Å²) in [5.41, 5.74) is 0.921. The average Bonchev–Trinajstić information content (AvgIpc) is 2.39. The number of benzene rings is 1. The second kappa shape index (κ2) is 8.50. The van der Waals surface area contributed by atoms with Crippen LogP contribution in [0, 0.1) is 10.1 Å². The third-order valence-electron chi connectivity index (χ3n) is 2.77. The number of hydrogen-bond donors (Lipinski definition) is 1. The van der Waals surface area contributed by atoms with Gasteiger partial charge in [-0.3, -0.25) is 10.1 Å². The summed E-state index contributed by atoms with van der Waals surface area (Å²) >= 11 is 0. The molecule has 1 aromatic rings. The largest absolute Gasteiger partial charge is 0.485 e. The summed E-state index contributed by atoms with van der Waals surface area (Å²) in [6.07, 6.45) is 1.04. The lowest BCUT2D eigenvalue weighted by Gasteiger charge is -2.12. The first-order valence-electron chi connectivity index (χ1n) is 6.80. The van der Waals surface area contributed by atoms with Gasteiger partial charge in [0.2, 0.25) is 0 Å². The Balaban J connectivity index is 2.71. The summed E-state index contributed by atoms with van der Waals surface area (Å²) in [5, 5.41) is 14.3. The molecule has 0 amide bonds. The zero-order valence-electron chi connectivity index (χ0n) is 12.4. The first-order chi connectivity index (χ1) is 9.54. The highest BCUT2D eigenvalue weighted by atomic mass is 16.6. The Hall–Kier alpha value is -1.66. The molecule has 0 fully saturated rings. The van der Waals surface area contributed by atoms with E-state index >= 15 is 0 Å². The van der Waals surface area contributed by atoms with Crippen LogP contribution in [0.15, 0.2) is 18.2 Å². The highest BCUT2D eigenvalue weighted by molar-refractivity contribution is 5.48. The van der Waals surface area contributed by atoms with Gasteiger partial charge in [0.1, 0.15) is 6.61 Å². The minimum atomic E-state index is -0.395. The Kier molecular flexibility index (Phi) is 6.97. The molecule has 0 aliphatic rings. The fraction of sp³-hybridized carbons (Fsp3) is 0.571. The SMILES string of the molecule is CCCNCc1ccc(OCCN(C)C)c([N+](=O)[O-])c1. The molecule has 0 saturated heterocycles. The first kappa shape index (κ1) is 16.4. The van der Waals surface area contributed by atoms with E-state index in [1.807, 2.05) is 25.1 Å². The fourth-order valence-electron chi connectivity index (χ4n) is 1.69. The lowest BCUT2D eigenvalue weighted by Crippen LogP contribution is -2.19. The van der Waals surface area contributed by atoms with Crippen molar-refractivity contribution < 1.29 is 9.66 Å². The van der Waals surface area contributed by atoms with Crippen LogP contribution in [0.1, 0.15) is 18.9 Å². The molecule has 0 heterocycles. The van der Waals surface area contributed by atoms with Crippen molar-refractivity contribution in [1.29, 1.82) is 0 Å². The van der Waals surface area contributed by atoms with Crippen molar-refractivity contribution in [2.75, 3.05) is 33.8 Å². The van der Waals surface area contributed by atoms with Crippen LogP contribution < -0.4 is 10.1 Å². The monoisotopic (exact) mass is 281 g/mol. The molecule has 1 N–H and O–H groups in total. The normalized spacial score (nSPS) is 10.8. The van der Waals surface area contributed by atoms with Crippen molar-refractivity contribution >= 4 is 5.69 Å². The zero-order valence-corrected chi connectivity index (χ0v) is 12.4. The second-order valence-corrected chi connectivity index (χ2v) is 4.89. The van der Waals surface area contributed by atoms with E-state index in [9.17, 15) is 10.1 Å². The summed E-state index contributed by atoms with van der Waals surface area (Å²) in [5.74, 6) is 0.330. The molecule has 1 rings (SSSR count). The van der Waals surface area contributed by atoms with Gasteiger partial charge in [-0.25, -0.2) is 0 Å². The van der Waals surface area contributed by atoms with Crippen molar-refractivity contribution in [2.24, 2.45) is 0 Å². The Labute approximate surface area is 119 Å². The molecule has 0 unspecified atom stereocenters. The quantitative estimate of drug-likeness (QED) is 0.426. The van der Waals surface area contributed by atoms with E-state index in [4.69, 9.17) is 4.74 Å². The van der Waals surface area contributed by atoms with Crippen molar-refractivity contribution in [1.82, 2.24) is 10.2 Å². The lowest BCUT2D eigenvalue weighted by molar-refractivity contribution is -0.385. The van der Waals surface area contributed by atoms with Crippen LogP contribution in [0.4, 0.5) is 5.69 Å². The van der Waals surface area contributed by atoms with Gasteiger partial charge in [0.15, 0.2) is 5.75 Å². The van der Waals surface area contributed by atoms with Gasteiger partial charge in [0.05, 0.1) is 4.92 Å². The molecule has 1 aromatic carbocycles. The number of nitrogens with zero attached hydrogens (tertiary/aromatic N) is 2. The van der Waals surface area contributed by atoms with Gasteiger partial charge in [0.25, 0.3) is 0 Å². The fourth-order valence-corrected chi connectivity index (χ4v) is 1.69. The molecule has 0 aromatic heterocycles. The van der Waals surface area contributed by atoms with Gasteiger partial charge in [-0.2, -0.15) is 0 Å². The van der Waals surface area contributed by atoms with E-state index in [0.29, 0.717) is 18.9 Å². The lowest BCUT2D eigenvalue weighted by atomic mass is 10.2. The third kappa shape index (κ3) is 5.54. The smallest absolute Gasteiger partial charge is 0.311 e. The van der Waals surface area contributed by atoms with E-state index in [0.717, 1.165) is 25.1 Å². The van der Waals surface area contributed by atoms with Crippen LogP contribution >= 0.6 is 0 Å². The highest BCUT2D eigenvalue weighted by Crippen LogP contribution is 2.27. The van der Waals surface area contributed by atoms with Crippen LogP contribution in [-0.2, 0) is 6.54 Å². The molecule has 0 bridgehead atoms.